The molecule has 96 valence electrons. The van der Waals surface area contributed by atoms with E-state index < -0.39 is 6.10 Å². The maximum atomic E-state index is 10.2. The third kappa shape index (κ3) is 4.10. The van der Waals surface area contributed by atoms with Crippen LogP contribution in [0.4, 0.5) is 0 Å². The van der Waals surface area contributed by atoms with Gasteiger partial charge in [0.2, 0.25) is 0 Å². The van der Waals surface area contributed by atoms with Crippen LogP contribution >= 0.6 is 0 Å². The average molecular weight is 237 g/mol. The summed E-state index contributed by atoms with van der Waals surface area (Å²) in [7, 11) is 1.70. The highest BCUT2D eigenvalue weighted by Gasteiger charge is 2.20. The van der Waals surface area contributed by atoms with Crippen molar-refractivity contribution in [1.29, 1.82) is 0 Å². The molecule has 1 atom stereocenters. The van der Waals surface area contributed by atoms with Crippen molar-refractivity contribution in [2.24, 2.45) is 0 Å². The predicted octanol–water partition coefficient (Wildman–Crippen LogP) is 2.88. The van der Waals surface area contributed by atoms with Crippen LogP contribution in [0.1, 0.15) is 50.8 Å². The van der Waals surface area contributed by atoms with Crippen molar-refractivity contribution in [3.05, 3.63) is 29.6 Å². The summed E-state index contributed by atoms with van der Waals surface area (Å²) < 4.78 is 5.36. The average Bonchev–Trinajstić information content (AvgIpc) is 2.36. The normalized spacial score (nSPS) is 13.7. The molecule has 1 rings (SSSR count). The summed E-state index contributed by atoms with van der Waals surface area (Å²) in [5, 5.41) is 10.2. The van der Waals surface area contributed by atoms with Crippen LogP contribution in [0.25, 0.3) is 0 Å². The molecule has 0 aliphatic rings. The quantitative estimate of drug-likeness (QED) is 0.827. The first-order chi connectivity index (χ1) is 8.00. The van der Waals surface area contributed by atoms with E-state index in [-0.39, 0.29) is 5.60 Å². The number of ether oxygens (including phenoxy) is 1. The topological polar surface area (TPSA) is 42.4 Å². The summed E-state index contributed by atoms with van der Waals surface area (Å²) >= 11 is 0. The second-order valence-electron chi connectivity index (χ2n) is 4.95. The predicted molar refractivity (Wildman–Crippen MR) is 68.9 cm³/mol. The van der Waals surface area contributed by atoms with Gasteiger partial charge in [0.15, 0.2) is 0 Å². The minimum atomic E-state index is -0.428. The van der Waals surface area contributed by atoms with Gasteiger partial charge in [-0.3, -0.25) is 4.98 Å². The lowest BCUT2D eigenvalue weighted by molar-refractivity contribution is 0.00271. The Hall–Kier alpha value is -0.930. The van der Waals surface area contributed by atoms with Crippen LogP contribution in [0.2, 0.25) is 0 Å². The highest BCUT2D eigenvalue weighted by atomic mass is 16.5. The van der Waals surface area contributed by atoms with Crippen LogP contribution in [0, 0.1) is 0 Å². The molecule has 0 spiro atoms. The van der Waals surface area contributed by atoms with Crippen molar-refractivity contribution in [2.75, 3.05) is 7.11 Å². The van der Waals surface area contributed by atoms with Crippen LogP contribution in [-0.4, -0.2) is 22.8 Å². The first kappa shape index (κ1) is 14.1. The van der Waals surface area contributed by atoms with Gasteiger partial charge in [-0.15, -0.1) is 0 Å². The number of hydrogen-bond donors (Lipinski definition) is 1. The van der Waals surface area contributed by atoms with Crippen LogP contribution in [0.3, 0.4) is 0 Å². The summed E-state index contributed by atoms with van der Waals surface area (Å²) in [5.41, 5.74) is 1.94. The van der Waals surface area contributed by atoms with Crippen molar-refractivity contribution in [3.8, 4) is 0 Å². The summed E-state index contributed by atoms with van der Waals surface area (Å²) in [6, 6.07) is 1.91. The van der Waals surface area contributed by atoms with Gasteiger partial charge < -0.3 is 9.84 Å². The maximum absolute atomic E-state index is 10.2. The summed E-state index contributed by atoms with van der Waals surface area (Å²) in [4.78, 5) is 4.09. The molecule has 17 heavy (non-hydrogen) atoms. The van der Waals surface area contributed by atoms with E-state index in [2.05, 4.69) is 11.9 Å². The first-order valence-electron chi connectivity index (χ1n) is 6.16. The molecule has 0 saturated carbocycles. The number of methoxy groups -OCH3 is 1. The summed E-state index contributed by atoms with van der Waals surface area (Å²) in [5.74, 6) is 0. The molecule has 1 aromatic heterocycles. The maximum Gasteiger partial charge on any atom is 0.0794 e. The zero-order valence-electron chi connectivity index (χ0n) is 11.2. The van der Waals surface area contributed by atoms with Crippen LogP contribution < -0.4 is 0 Å². The molecule has 0 saturated heterocycles. The number of aliphatic hydroxyl groups is 1. The Labute approximate surface area is 104 Å². The number of pyridine rings is 1. The highest BCUT2D eigenvalue weighted by molar-refractivity contribution is 5.25. The fraction of sp³-hybridized carbons (Fsp3) is 0.643. The fourth-order valence-electron chi connectivity index (χ4n) is 1.80. The zero-order valence-corrected chi connectivity index (χ0v) is 11.2. The van der Waals surface area contributed by atoms with E-state index in [1.54, 1.807) is 13.3 Å². The molecule has 1 N–H and O–H groups in total. The van der Waals surface area contributed by atoms with E-state index >= 15 is 0 Å². The lowest BCUT2D eigenvalue weighted by Crippen LogP contribution is -2.23. The van der Waals surface area contributed by atoms with Crippen molar-refractivity contribution in [3.63, 3.8) is 0 Å². The van der Waals surface area contributed by atoms with Crippen molar-refractivity contribution in [1.82, 2.24) is 4.98 Å². The van der Waals surface area contributed by atoms with Gasteiger partial charge in [0.25, 0.3) is 0 Å². The Bertz CT molecular complexity index is 350. The number of aliphatic hydroxyl groups excluding tert-OH is 1. The van der Waals surface area contributed by atoms with Gasteiger partial charge in [0.05, 0.1) is 11.7 Å². The lowest BCUT2D eigenvalue weighted by atomic mass is 9.94. The van der Waals surface area contributed by atoms with E-state index in [9.17, 15) is 5.11 Å². The SMILES string of the molecule is CCc1cnccc1C(O)CCC(C)(C)OC. The number of aromatic nitrogens is 1. The molecule has 3 nitrogen and oxygen atoms in total. The molecule has 0 aromatic carbocycles. The third-order valence-corrected chi connectivity index (χ3v) is 3.25. The van der Waals surface area contributed by atoms with Crippen molar-refractivity contribution in [2.45, 2.75) is 51.7 Å². The van der Waals surface area contributed by atoms with Gasteiger partial charge in [-0.1, -0.05) is 6.92 Å². The molecule has 0 bridgehead atoms. The van der Waals surface area contributed by atoms with Gasteiger partial charge in [0, 0.05) is 19.5 Å². The number of nitrogens with zero attached hydrogens (tertiary/aromatic N) is 1. The van der Waals surface area contributed by atoms with E-state index in [1.165, 1.54) is 0 Å². The molecular formula is C14H23NO2. The Morgan fingerprint density at radius 3 is 2.76 bits per heavy atom. The molecule has 0 radical (unpaired) electrons. The van der Waals surface area contributed by atoms with E-state index in [0.717, 1.165) is 24.0 Å². The Morgan fingerprint density at radius 1 is 1.47 bits per heavy atom. The molecule has 0 aliphatic carbocycles. The molecule has 0 amide bonds. The third-order valence-electron chi connectivity index (χ3n) is 3.25. The van der Waals surface area contributed by atoms with Crippen LogP contribution in [0.5, 0.6) is 0 Å². The van der Waals surface area contributed by atoms with Gasteiger partial charge in [-0.25, -0.2) is 0 Å². The van der Waals surface area contributed by atoms with Crippen LogP contribution in [-0.2, 0) is 11.2 Å². The Balaban J connectivity index is 2.67. The first-order valence-corrected chi connectivity index (χ1v) is 6.16. The number of aryl methyl sites for hydroxylation is 1. The Kier molecular flexibility index (Phi) is 5.09. The van der Waals surface area contributed by atoms with Gasteiger partial charge in [0.1, 0.15) is 0 Å². The molecule has 1 unspecified atom stereocenters. The van der Waals surface area contributed by atoms with E-state index in [1.807, 2.05) is 26.1 Å². The van der Waals surface area contributed by atoms with Crippen molar-refractivity contribution < 1.29 is 9.84 Å². The summed E-state index contributed by atoms with van der Waals surface area (Å²) in [6.45, 7) is 6.15. The molecular weight excluding hydrogens is 214 g/mol. The second-order valence-corrected chi connectivity index (χ2v) is 4.95. The van der Waals surface area contributed by atoms with Gasteiger partial charge in [-0.05, 0) is 50.3 Å². The highest BCUT2D eigenvalue weighted by Crippen LogP contribution is 2.26. The van der Waals surface area contributed by atoms with Gasteiger partial charge >= 0.3 is 0 Å². The summed E-state index contributed by atoms with van der Waals surface area (Å²) in [6.07, 6.45) is 5.57. The standard InChI is InChI=1S/C14H23NO2/c1-5-11-10-15-9-7-12(11)13(16)6-8-14(2,3)17-4/h7,9-10,13,16H,5-6,8H2,1-4H3. The van der Waals surface area contributed by atoms with Crippen LogP contribution in [0.15, 0.2) is 18.5 Å². The molecule has 0 fully saturated rings. The molecule has 1 heterocycles. The molecule has 0 aliphatic heterocycles. The zero-order chi connectivity index (χ0) is 12.9. The Morgan fingerprint density at radius 2 is 2.18 bits per heavy atom. The van der Waals surface area contributed by atoms with Crippen molar-refractivity contribution >= 4 is 0 Å². The fourth-order valence-corrected chi connectivity index (χ4v) is 1.80. The number of rotatable bonds is 6. The smallest absolute Gasteiger partial charge is 0.0794 e. The lowest BCUT2D eigenvalue weighted by Gasteiger charge is -2.24. The van der Waals surface area contributed by atoms with E-state index in [4.69, 9.17) is 4.74 Å². The van der Waals surface area contributed by atoms with E-state index in [0.29, 0.717) is 6.42 Å². The van der Waals surface area contributed by atoms with Gasteiger partial charge in [-0.2, -0.15) is 0 Å². The minimum absolute atomic E-state index is 0.180. The second kappa shape index (κ2) is 6.12. The number of hydrogen-bond acceptors (Lipinski definition) is 3. The largest absolute Gasteiger partial charge is 0.388 e. The molecule has 1 aromatic rings. The molecule has 3 heteroatoms. The monoisotopic (exact) mass is 237 g/mol. The minimum Gasteiger partial charge on any atom is -0.388 e.